The lowest BCUT2D eigenvalue weighted by atomic mass is 9.98. The second-order valence-corrected chi connectivity index (χ2v) is 7.13. The van der Waals surface area contributed by atoms with Crippen molar-refractivity contribution in [3.63, 3.8) is 0 Å². The highest BCUT2D eigenvalue weighted by atomic mass is 16.5. The van der Waals surface area contributed by atoms with Crippen LogP contribution in [-0.4, -0.2) is 36.8 Å². The van der Waals surface area contributed by atoms with Crippen molar-refractivity contribution in [1.29, 1.82) is 0 Å². The van der Waals surface area contributed by atoms with Gasteiger partial charge in [0, 0.05) is 29.3 Å². The minimum absolute atomic E-state index is 0.00838. The van der Waals surface area contributed by atoms with Gasteiger partial charge in [0.1, 0.15) is 17.2 Å². The summed E-state index contributed by atoms with van der Waals surface area (Å²) in [4.78, 5) is 4.87. The lowest BCUT2D eigenvalue weighted by Crippen LogP contribution is -2.19. The van der Waals surface area contributed by atoms with Gasteiger partial charge < -0.3 is 14.2 Å². The predicted octanol–water partition coefficient (Wildman–Crippen LogP) is 4.97. The molecule has 4 rings (SSSR count). The van der Waals surface area contributed by atoms with Crippen LogP contribution in [0.15, 0.2) is 47.5 Å². The number of hydrogen-bond acceptors (Lipinski definition) is 5. The van der Waals surface area contributed by atoms with E-state index in [9.17, 15) is 0 Å². The first kappa shape index (κ1) is 19.1. The fourth-order valence-electron chi connectivity index (χ4n) is 3.88. The topological polar surface area (TPSA) is 57.9 Å². The molecule has 0 bridgehead atoms. The molecule has 2 aromatic carbocycles. The molecule has 2 heterocycles. The zero-order valence-electron chi connectivity index (χ0n) is 17.4. The molecule has 1 atom stereocenters. The summed E-state index contributed by atoms with van der Waals surface area (Å²) >= 11 is 0. The lowest BCUT2D eigenvalue weighted by Gasteiger charge is -2.25. The highest BCUT2D eigenvalue weighted by Crippen LogP contribution is 2.43. The smallest absolute Gasteiger partial charge is 0.159 e. The summed E-state index contributed by atoms with van der Waals surface area (Å²) in [6, 6.07) is 13.9. The standard InChI is InChI=1S/C23H25N3O3/c1-14-12-20(19-11-10-18(28-4)13-21(19)29-5)26-23(24-14)22(15(2)25-26)16-6-8-17(27-3)9-7-16/h6-11,13,20H,12H2,1-5H3/t20-/m1/s1. The molecule has 0 N–H and O–H groups in total. The SMILES string of the molecule is COc1ccc(-c2c(C)nn3c2N=C(C)C[C@@H]3c2ccc(OC)cc2OC)cc1. The molecule has 6 heteroatoms. The van der Waals surface area contributed by atoms with Gasteiger partial charge in [-0.15, -0.1) is 0 Å². The number of methoxy groups -OCH3 is 3. The normalized spacial score (nSPS) is 15.5. The highest BCUT2D eigenvalue weighted by Gasteiger charge is 2.29. The van der Waals surface area contributed by atoms with Crippen LogP contribution in [0.4, 0.5) is 5.82 Å². The maximum Gasteiger partial charge on any atom is 0.159 e. The van der Waals surface area contributed by atoms with E-state index in [1.807, 2.05) is 48.0 Å². The summed E-state index contributed by atoms with van der Waals surface area (Å²) in [7, 11) is 5.00. The number of aromatic nitrogens is 2. The van der Waals surface area contributed by atoms with Crippen molar-refractivity contribution >= 4 is 11.5 Å². The maximum atomic E-state index is 5.66. The van der Waals surface area contributed by atoms with Gasteiger partial charge in [-0.05, 0) is 43.7 Å². The van der Waals surface area contributed by atoms with Crippen LogP contribution < -0.4 is 14.2 Å². The van der Waals surface area contributed by atoms with Gasteiger partial charge in [0.25, 0.3) is 0 Å². The first-order valence-electron chi connectivity index (χ1n) is 9.55. The largest absolute Gasteiger partial charge is 0.497 e. The molecule has 1 aliphatic heterocycles. The molecule has 0 aliphatic carbocycles. The number of ether oxygens (including phenoxy) is 3. The number of fused-ring (bicyclic) bond motifs is 1. The minimum Gasteiger partial charge on any atom is -0.497 e. The Bertz CT molecular complexity index is 1070. The molecule has 150 valence electrons. The van der Waals surface area contributed by atoms with E-state index < -0.39 is 0 Å². The molecule has 3 aromatic rings. The third-order valence-corrected chi connectivity index (χ3v) is 5.32. The van der Waals surface area contributed by atoms with Crippen LogP contribution in [0.2, 0.25) is 0 Å². The van der Waals surface area contributed by atoms with E-state index in [-0.39, 0.29) is 6.04 Å². The molecule has 0 radical (unpaired) electrons. The molecule has 0 saturated heterocycles. The number of nitrogens with zero attached hydrogens (tertiary/aromatic N) is 3. The molecule has 0 spiro atoms. The van der Waals surface area contributed by atoms with Crippen molar-refractivity contribution in [3.05, 3.63) is 53.7 Å². The number of benzene rings is 2. The van der Waals surface area contributed by atoms with Crippen molar-refractivity contribution in [2.75, 3.05) is 21.3 Å². The number of rotatable bonds is 5. The van der Waals surface area contributed by atoms with E-state index >= 15 is 0 Å². The Balaban J connectivity index is 1.85. The Morgan fingerprint density at radius 3 is 2.24 bits per heavy atom. The van der Waals surface area contributed by atoms with E-state index in [1.54, 1.807) is 21.3 Å². The molecular weight excluding hydrogens is 366 g/mol. The Morgan fingerprint density at radius 2 is 1.59 bits per heavy atom. The van der Waals surface area contributed by atoms with E-state index in [1.165, 1.54) is 0 Å². The highest BCUT2D eigenvalue weighted by molar-refractivity contribution is 5.90. The van der Waals surface area contributed by atoms with Crippen molar-refractivity contribution in [2.45, 2.75) is 26.3 Å². The minimum atomic E-state index is 0.00838. The second-order valence-electron chi connectivity index (χ2n) is 7.13. The summed E-state index contributed by atoms with van der Waals surface area (Å²) in [5.74, 6) is 3.25. The van der Waals surface area contributed by atoms with Crippen molar-refractivity contribution in [2.24, 2.45) is 4.99 Å². The summed E-state index contributed by atoms with van der Waals surface area (Å²) in [6.07, 6.45) is 0.777. The van der Waals surface area contributed by atoms with Crippen LogP contribution in [0.25, 0.3) is 11.1 Å². The Kier molecular flexibility index (Phi) is 5.01. The zero-order valence-corrected chi connectivity index (χ0v) is 17.4. The molecule has 1 aliphatic rings. The summed E-state index contributed by atoms with van der Waals surface area (Å²) < 4.78 is 18.3. The number of hydrogen-bond donors (Lipinski definition) is 0. The van der Waals surface area contributed by atoms with Gasteiger partial charge in [-0.1, -0.05) is 12.1 Å². The van der Waals surface area contributed by atoms with E-state index in [2.05, 4.69) is 13.0 Å². The Morgan fingerprint density at radius 1 is 0.897 bits per heavy atom. The van der Waals surface area contributed by atoms with E-state index in [4.69, 9.17) is 24.3 Å². The molecular formula is C23H25N3O3. The van der Waals surface area contributed by atoms with Crippen LogP contribution >= 0.6 is 0 Å². The Labute approximate surface area is 170 Å². The first-order valence-corrected chi connectivity index (χ1v) is 9.55. The van der Waals surface area contributed by atoms with Crippen LogP contribution in [0.3, 0.4) is 0 Å². The quantitative estimate of drug-likeness (QED) is 0.616. The number of aryl methyl sites for hydroxylation is 1. The zero-order chi connectivity index (χ0) is 20.5. The molecule has 0 saturated carbocycles. The predicted molar refractivity (Wildman–Crippen MR) is 114 cm³/mol. The lowest BCUT2D eigenvalue weighted by molar-refractivity contribution is 0.383. The van der Waals surface area contributed by atoms with Gasteiger partial charge in [0.2, 0.25) is 0 Å². The fraction of sp³-hybridized carbons (Fsp3) is 0.304. The van der Waals surface area contributed by atoms with E-state index in [0.717, 1.165) is 57.6 Å². The molecule has 0 unspecified atom stereocenters. The average molecular weight is 391 g/mol. The average Bonchev–Trinajstić information content (AvgIpc) is 3.08. The summed E-state index contributed by atoms with van der Waals surface area (Å²) in [5.41, 5.74) is 5.19. The molecule has 6 nitrogen and oxygen atoms in total. The van der Waals surface area contributed by atoms with Crippen molar-refractivity contribution in [3.8, 4) is 28.4 Å². The molecule has 0 amide bonds. The number of aliphatic imine (C=N–C) groups is 1. The second kappa shape index (κ2) is 7.62. The maximum absolute atomic E-state index is 5.66. The van der Waals surface area contributed by atoms with Gasteiger partial charge in [-0.25, -0.2) is 9.67 Å². The van der Waals surface area contributed by atoms with Crippen LogP contribution in [0, 0.1) is 6.92 Å². The molecule has 1 aromatic heterocycles. The van der Waals surface area contributed by atoms with Gasteiger partial charge in [0.05, 0.1) is 33.1 Å². The summed E-state index contributed by atoms with van der Waals surface area (Å²) in [5, 5.41) is 4.87. The van der Waals surface area contributed by atoms with Crippen LogP contribution in [0.1, 0.15) is 30.6 Å². The van der Waals surface area contributed by atoms with Crippen LogP contribution in [0.5, 0.6) is 17.2 Å². The Hall–Kier alpha value is -3.28. The van der Waals surface area contributed by atoms with Gasteiger partial charge >= 0.3 is 0 Å². The third-order valence-electron chi connectivity index (χ3n) is 5.32. The molecule has 29 heavy (non-hydrogen) atoms. The van der Waals surface area contributed by atoms with Gasteiger partial charge in [0.15, 0.2) is 5.82 Å². The van der Waals surface area contributed by atoms with Crippen molar-refractivity contribution in [1.82, 2.24) is 9.78 Å². The van der Waals surface area contributed by atoms with E-state index in [0.29, 0.717) is 0 Å². The fourth-order valence-corrected chi connectivity index (χ4v) is 3.88. The summed E-state index contributed by atoms with van der Waals surface area (Å²) in [6.45, 7) is 4.09. The van der Waals surface area contributed by atoms with Gasteiger partial charge in [-0.2, -0.15) is 5.10 Å². The van der Waals surface area contributed by atoms with Crippen LogP contribution in [-0.2, 0) is 0 Å². The molecule has 0 fully saturated rings. The monoisotopic (exact) mass is 391 g/mol. The van der Waals surface area contributed by atoms with Crippen molar-refractivity contribution < 1.29 is 14.2 Å². The first-order chi connectivity index (χ1) is 14.0. The van der Waals surface area contributed by atoms with Gasteiger partial charge in [-0.3, -0.25) is 0 Å². The third kappa shape index (κ3) is 3.35.